The van der Waals surface area contributed by atoms with Crippen LogP contribution in [0.3, 0.4) is 0 Å². The zero-order chi connectivity index (χ0) is 14.8. The van der Waals surface area contributed by atoms with E-state index >= 15 is 0 Å². The van der Waals surface area contributed by atoms with Gasteiger partial charge in [-0.15, -0.1) is 0 Å². The summed E-state index contributed by atoms with van der Waals surface area (Å²) in [5.41, 5.74) is 0.855. The number of hydrogen-bond donors (Lipinski definition) is 0. The van der Waals surface area contributed by atoms with Gasteiger partial charge in [0.2, 0.25) is 0 Å². The van der Waals surface area contributed by atoms with Crippen molar-refractivity contribution in [3.63, 3.8) is 0 Å². The lowest BCUT2D eigenvalue weighted by Gasteiger charge is -2.02. The largest absolute Gasteiger partial charge is 0.298 e. The molecule has 0 aliphatic heterocycles. The molecule has 21 heavy (non-hydrogen) atoms. The Labute approximate surface area is 128 Å². The van der Waals surface area contributed by atoms with Gasteiger partial charge in [-0.3, -0.25) is 4.79 Å². The van der Waals surface area contributed by atoms with Crippen LogP contribution in [0.2, 0.25) is 0 Å². The Hall–Kier alpha value is -2.34. The van der Waals surface area contributed by atoms with Crippen molar-refractivity contribution in [1.82, 2.24) is 14.8 Å². The van der Waals surface area contributed by atoms with Crippen LogP contribution in [0.25, 0.3) is 17.1 Å². The summed E-state index contributed by atoms with van der Waals surface area (Å²) in [6, 6.07) is 9.85. The van der Waals surface area contributed by atoms with Gasteiger partial charge in [0.25, 0.3) is 0 Å². The first-order valence-corrected chi connectivity index (χ1v) is 6.90. The zero-order valence-electron chi connectivity index (χ0n) is 10.7. The molecular formula is C15H9BrFN3O. The minimum absolute atomic E-state index is 0.265. The van der Waals surface area contributed by atoms with Crippen molar-refractivity contribution >= 4 is 22.2 Å². The number of carbonyl (C=O) groups is 1. The number of carbonyl (C=O) groups excluding carboxylic acids is 1. The number of hydrogen-bond acceptors (Lipinski definition) is 3. The van der Waals surface area contributed by atoms with Crippen molar-refractivity contribution in [2.75, 3.05) is 0 Å². The fourth-order valence-electron chi connectivity index (χ4n) is 1.97. The first-order chi connectivity index (χ1) is 10.2. The molecule has 0 saturated carbocycles. The van der Waals surface area contributed by atoms with Crippen LogP contribution in [0, 0.1) is 5.82 Å². The lowest BCUT2D eigenvalue weighted by atomic mass is 10.1. The number of aldehydes is 1. The quantitative estimate of drug-likeness (QED) is 0.680. The number of benzene rings is 1. The van der Waals surface area contributed by atoms with Crippen LogP contribution in [-0.2, 0) is 0 Å². The second-order valence-electron chi connectivity index (χ2n) is 4.31. The summed E-state index contributed by atoms with van der Waals surface area (Å²) in [6.07, 6.45) is 3.81. The van der Waals surface area contributed by atoms with Crippen LogP contribution in [-0.4, -0.2) is 21.1 Å². The molecule has 0 aliphatic rings. The third-order valence-electron chi connectivity index (χ3n) is 2.94. The maximum Gasteiger partial charge on any atom is 0.153 e. The van der Waals surface area contributed by atoms with Gasteiger partial charge < -0.3 is 0 Å². The molecule has 4 nitrogen and oxygen atoms in total. The van der Waals surface area contributed by atoms with E-state index in [0.717, 1.165) is 0 Å². The van der Waals surface area contributed by atoms with Crippen LogP contribution in [0.1, 0.15) is 10.4 Å². The highest BCUT2D eigenvalue weighted by atomic mass is 79.9. The summed E-state index contributed by atoms with van der Waals surface area (Å²) in [5, 5.41) is 4.29. The Bertz CT molecular complexity index is 802. The van der Waals surface area contributed by atoms with Crippen LogP contribution in [0.4, 0.5) is 4.39 Å². The molecule has 0 amide bonds. The second kappa shape index (κ2) is 5.57. The van der Waals surface area contributed by atoms with E-state index in [1.165, 1.54) is 16.9 Å². The molecule has 0 unspecified atom stereocenters. The number of halogens is 2. The van der Waals surface area contributed by atoms with Gasteiger partial charge in [-0.1, -0.05) is 22.0 Å². The maximum absolute atomic E-state index is 14.0. The van der Waals surface area contributed by atoms with E-state index in [2.05, 4.69) is 26.0 Å². The molecule has 6 heteroatoms. The van der Waals surface area contributed by atoms with E-state index in [0.29, 0.717) is 22.1 Å². The molecule has 0 bridgehead atoms. The van der Waals surface area contributed by atoms with Crippen LogP contribution in [0.5, 0.6) is 0 Å². The van der Waals surface area contributed by atoms with Gasteiger partial charge in [0.1, 0.15) is 11.5 Å². The van der Waals surface area contributed by atoms with E-state index in [9.17, 15) is 9.18 Å². The van der Waals surface area contributed by atoms with Gasteiger partial charge in [0, 0.05) is 22.4 Å². The van der Waals surface area contributed by atoms with Crippen molar-refractivity contribution < 1.29 is 9.18 Å². The fraction of sp³-hybridized carbons (Fsp3) is 0. The zero-order valence-corrected chi connectivity index (χ0v) is 12.3. The molecule has 2 aromatic heterocycles. The molecule has 0 atom stereocenters. The average molecular weight is 346 g/mol. The van der Waals surface area contributed by atoms with Crippen molar-refractivity contribution in [1.29, 1.82) is 0 Å². The molecule has 2 heterocycles. The Kier molecular flexibility index (Phi) is 3.62. The predicted molar refractivity (Wildman–Crippen MR) is 79.8 cm³/mol. The lowest BCUT2D eigenvalue weighted by Crippen LogP contribution is -1.97. The van der Waals surface area contributed by atoms with E-state index in [-0.39, 0.29) is 11.3 Å². The second-order valence-corrected chi connectivity index (χ2v) is 5.22. The van der Waals surface area contributed by atoms with E-state index in [1.807, 2.05) is 6.07 Å². The summed E-state index contributed by atoms with van der Waals surface area (Å²) >= 11 is 3.29. The monoisotopic (exact) mass is 345 g/mol. The van der Waals surface area contributed by atoms with Gasteiger partial charge in [-0.25, -0.2) is 14.1 Å². The number of nitrogens with zero attached hydrogens (tertiary/aromatic N) is 3. The van der Waals surface area contributed by atoms with Crippen molar-refractivity contribution in [3.8, 4) is 17.1 Å². The van der Waals surface area contributed by atoms with Crippen molar-refractivity contribution in [2.24, 2.45) is 0 Å². The molecular weight excluding hydrogens is 337 g/mol. The molecule has 1 aromatic carbocycles. The smallest absolute Gasteiger partial charge is 0.153 e. The summed E-state index contributed by atoms with van der Waals surface area (Å²) in [4.78, 5) is 15.4. The highest BCUT2D eigenvalue weighted by molar-refractivity contribution is 9.10. The maximum atomic E-state index is 14.0. The topological polar surface area (TPSA) is 47.8 Å². The van der Waals surface area contributed by atoms with Crippen molar-refractivity contribution in [2.45, 2.75) is 0 Å². The highest BCUT2D eigenvalue weighted by Crippen LogP contribution is 2.27. The molecule has 0 spiro atoms. The molecule has 0 saturated heterocycles. The highest BCUT2D eigenvalue weighted by Gasteiger charge is 2.16. The third kappa shape index (κ3) is 2.62. The Morgan fingerprint density at radius 3 is 2.81 bits per heavy atom. The first-order valence-electron chi connectivity index (χ1n) is 6.10. The molecule has 3 aromatic rings. The molecule has 0 aliphatic carbocycles. The fourth-order valence-corrected chi connectivity index (χ4v) is 2.33. The SMILES string of the molecule is O=Cc1cn(-c2ccccn2)nc1-c1cc(Br)ccc1F. The molecule has 3 rings (SSSR count). The minimum atomic E-state index is -0.437. The Morgan fingerprint density at radius 1 is 1.24 bits per heavy atom. The van der Waals surface area contributed by atoms with E-state index in [1.54, 1.807) is 30.5 Å². The standard InChI is InChI=1S/C15H9BrFN3O/c16-11-4-5-13(17)12(7-11)15-10(9-21)8-20(19-15)14-3-1-2-6-18-14/h1-9H. The first kappa shape index (κ1) is 13.6. The van der Waals surface area contributed by atoms with Gasteiger partial charge in [-0.05, 0) is 30.3 Å². The summed E-state index contributed by atoms with van der Waals surface area (Å²) in [6.45, 7) is 0. The normalized spacial score (nSPS) is 10.6. The summed E-state index contributed by atoms with van der Waals surface area (Å²) in [5.74, 6) is 0.120. The number of rotatable bonds is 3. The van der Waals surface area contributed by atoms with E-state index in [4.69, 9.17) is 0 Å². The van der Waals surface area contributed by atoms with Gasteiger partial charge in [-0.2, -0.15) is 5.10 Å². The third-order valence-corrected chi connectivity index (χ3v) is 3.43. The van der Waals surface area contributed by atoms with Crippen molar-refractivity contribution in [3.05, 3.63) is 64.6 Å². The van der Waals surface area contributed by atoms with Crippen LogP contribution < -0.4 is 0 Å². The predicted octanol–water partition coefficient (Wildman–Crippen LogP) is 3.65. The van der Waals surface area contributed by atoms with Crippen LogP contribution >= 0.6 is 15.9 Å². The summed E-state index contributed by atoms with van der Waals surface area (Å²) in [7, 11) is 0. The number of aromatic nitrogens is 3. The molecule has 0 fully saturated rings. The van der Waals surface area contributed by atoms with Crippen LogP contribution in [0.15, 0.2) is 53.3 Å². The Balaban J connectivity index is 2.17. The molecule has 104 valence electrons. The van der Waals surface area contributed by atoms with Gasteiger partial charge in [0.15, 0.2) is 12.1 Å². The summed E-state index contributed by atoms with van der Waals surface area (Å²) < 4.78 is 16.2. The van der Waals surface area contributed by atoms with E-state index < -0.39 is 5.82 Å². The number of pyridine rings is 1. The van der Waals surface area contributed by atoms with Gasteiger partial charge >= 0.3 is 0 Å². The molecule has 0 N–H and O–H groups in total. The Morgan fingerprint density at radius 2 is 2.10 bits per heavy atom. The lowest BCUT2D eigenvalue weighted by molar-refractivity contribution is 0.112. The van der Waals surface area contributed by atoms with Gasteiger partial charge in [0.05, 0.1) is 5.56 Å². The molecule has 0 radical (unpaired) electrons. The average Bonchev–Trinajstić information content (AvgIpc) is 2.94. The minimum Gasteiger partial charge on any atom is -0.298 e.